The van der Waals surface area contributed by atoms with Gasteiger partial charge in [0.1, 0.15) is 24.4 Å². The van der Waals surface area contributed by atoms with E-state index in [1.165, 1.54) is 0 Å². The summed E-state index contributed by atoms with van der Waals surface area (Å²) in [6.45, 7) is 8.67. The Morgan fingerprint density at radius 2 is 1.48 bits per heavy atom. The SMILES string of the molecule is COC1(OC)C(C#Cc2ccccc2)=CCON(Cc2ccccc2)[C@H]1[C@H]1OC(C)(C)O[C@H]1[C@H]1COC(C)(C)O1. The van der Waals surface area contributed by atoms with Gasteiger partial charge >= 0.3 is 0 Å². The molecule has 0 saturated carbocycles. The van der Waals surface area contributed by atoms with Crippen molar-refractivity contribution in [2.24, 2.45) is 0 Å². The van der Waals surface area contributed by atoms with Crippen molar-refractivity contribution in [1.29, 1.82) is 0 Å². The molecule has 8 nitrogen and oxygen atoms in total. The highest BCUT2D eigenvalue weighted by atomic mass is 16.8. The number of hydroxylamine groups is 2. The van der Waals surface area contributed by atoms with Crippen LogP contribution in [0.15, 0.2) is 72.3 Å². The van der Waals surface area contributed by atoms with Crippen LogP contribution in [0.1, 0.15) is 38.8 Å². The summed E-state index contributed by atoms with van der Waals surface area (Å²) >= 11 is 0. The molecule has 2 fully saturated rings. The molecule has 0 bridgehead atoms. The standard InChI is InChI=1S/C32H39NO7/c1-30(2)36-22-26(38-30)27-28(40-31(3,4)39-27)29-32(34-5,35-6)25(18-17-23-13-9-7-10-14-23)19-20-37-33(29)21-24-15-11-8-12-16-24/h7-16,19,26-29H,20-22H2,1-6H3/t26-,27+,28+,29+/m1/s1. The van der Waals surface area contributed by atoms with Gasteiger partial charge in [-0.15, -0.1) is 0 Å². The minimum Gasteiger partial charge on any atom is -0.348 e. The second-order valence-electron chi connectivity index (χ2n) is 11.0. The van der Waals surface area contributed by atoms with Crippen LogP contribution in [-0.2, 0) is 39.8 Å². The minimum absolute atomic E-state index is 0.272. The van der Waals surface area contributed by atoms with Gasteiger partial charge in [-0.3, -0.25) is 4.84 Å². The van der Waals surface area contributed by atoms with E-state index in [2.05, 4.69) is 24.0 Å². The fourth-order valence-corrected chi connectivity index (χ4v) is 5.65. The van der Waals surface area contributed by atoms with E-state index >= 15 is 0 Å². The molecule has 4 atom stereocenters. The van der Waals surface area contributed by atoms with Crippen LogP contribution in [-0.4, -0.2) is 74.2 Å². The number of ether oxygens (including phenoxy) is 6. The number of hydrogen-bond acceptors (Lipinski definition) is 8. The van der Waals surface area contributed by atoms with E-state index < -0.39 is 35.6 Å². The van der Waals surface area contributed by atoms with Gasteiger partial charge in [0.2, 0.25) is 5.79 Å². The summed E-state index contributed by atoms with van der Waals surface area (Å²) in [7, 11) is 3.24. The molecule has 0 aromatic heterocycles. The number of rotatable bonds is 6. The predicted octanol–water partition coefficient (Wildman–Crippen LogP) is 4.44. The average molecular weight is 550 g/mol. The predicted molar refractivity (Wildman–Crippen MR) is 149 cm³/mol. The molecular weight excluding hydrogens is 510 g/mol. The fraction of sp³-hybridized carbons (Fsp3) is 0.500. The third-order valence-corrected chi connectivity index (χ3v) is 7.38. The molecule has 5 rings (SSSR count). The summed E-state index contributed by atoms with van der Waals surface area (Å²) in [5.74, 6) is 3.61. The molecule has 0 N–H and O–H groups in total. The summed E-state index contributed by atoms with van der Waals surface area (Å²) in [5.41, 5.74) is 2.58. The van der Waals surface area contributed by atoms with Crippen molar-refractivity contribution < 1.29 is 33.3 Å². The first-order valence-electron chi connectivity index (χ1n) is 13.7. The zero-order valence-corrected chi connectivity index (χ0v) is 24.1. The lowest BCUT2D eigenvalue weighted by Crippen LogP contribution is -2.63. The largest absolute Gasteiger partial charge is 0.348 e. The van der Waals surface area contributed by atoms with Crippen LogP contribution in [0.25, 0.3) is 0 Å². The average Bonchev–Trinajstić information content (AvgIpc) is 3.42. The number of nitrogens with zero attached hydrogens (tertiary/aromatic N) is 1. The van der Waals surface area contributed by atoms with Gasteiger partial charge in [-0.25, -0.2) is 0 Å². The molecule has 2 aromatic carbocycles. The molecule has 2 aromatic rings. The monoisotopic (exact) mass is 549 g/mol. The van der Waals surface area contributed by atoms with E-state index in [0.717, 1.165) is 11.1 Å². The maximum absolute atomic E-state index is 6.66. The van der Waals surface area contributed by atoms with Gasteiger partial charge in [-0.2, -0.15) is 5.06 Å². The molecule has 3 aliphatic rings. The minimum atomic E-state index is -1.35. The number of hydrogen-bond donors (Lipinski definition) is 0. The van der Waals surface area contributed by atoms with Crippen molar-refractivity contribution in [3.63, 3.8) is 0 Å². The van der Waals surface area contributed by atoms with Crippen LogP contribution in [0.4, 0.5) is 0 Å². The third kappa shape index (κ3) is 6.03. The zero-order valence-electron chi connectivity index (χ0n) is 24.1. The Hall–Kier alpha value is -2.58. The van der Waals surface area contributed by atoms with Gasteiger partial charge in [-0.1, -0.05) is 60.4 Å². The normalized spacial score (nSPS) is 29.3. The van der Waals surface area contributed by atoms with Gasteiger partial charge in [0.05, 0.1) is 18.8 Å². The highest BCUT2D eigenvalue weighted by Gasteiger charge is 2.61. The van der Waals surface area contributed by atoms with E-state index in [-0.39, 0.29) is 12.7 Å². The Kier molecular flexibility index (Phi) is 8.48. The van der Waals surface area contributed by atoms with E-state index in [1.54, 1.807) is 14.2 Å². The maximum Gasteiger partial charge on any atom is 0.223 e. The van der Waals surface area contributed by atoms with E-state index in [4.69, 9.17) is 33.3 Å². The van der Waals surface area contributed by atoms with Crippen LogP contribution in [0.5, 0.6) is 0 Å². The van der Waals surface area contributed by atoms with Crippen molar-refractivity contribution in [2.75, 3.05) is 27.4 Å². The second-order valence-corrected chi connectivity index (χ2v) is 11.0. The van der Waals surface area contributed by atoms with Gasteiger partial charge in [-0.05, 0) is 51.5 Å². The smallest absolute Gasteiger partial charge is 0.223 e. The summed E-state index contributed by atoms with van der Waals surface area (Å²) in [6, 6.07) is 19.3. The van der Waals surface area contributed by atoms with Crippen LogP contribution in [0.2, 0.25) is 0 Å². The highest BCUT2D eigenvalue weighted by Crippen LogP contribution is 2.44. The first-order valence-corrected chi connectivity index (χ1v) is 13.7. The molecule has 0 spiro atoms. The lowest BCUT2D eigenvalue weighted by molar-refractivity contribution is -0.303. The Balaban J connectivity index is 1.60. The molecule has 0 radical (unpaired) electrons. The van der Waals surface area contributed by atoms with Crippen LogP contribution in [0, 0.1) is 11.8 Å². The Morgan fingerprint density at radius 3 is 2.10 bits per heavy atom. The molecular formula is C32H39NO7. The maximum atomic E-state index is 6.66. The molecule has 0 unspecified atom stereocenters. The van der Waals surface area contributed by atoms with Crippen molar-refractivity contribution >= 4 is 0 Å². The van der Waals surface area contributed by atoms with Gasteiger partial charge in [0.15, 0.2) is 11.6 Å². The third-order valence-electron chi connectivity index (χ3n) is 7.38. The fourth-order valence-electron chi connectivity index (χ4n) is 5.65. The van der Waals surface area contributed by atoms with Crippen LogP contribution >= 0.6 is 0 Å². The van der Waals surface area contributed by atoms with E-state index in [0.29, 0.717) is 18.7 Å². The van der Waals surface area contributed by atoms with Crippen molar-refractivity contribution in [3.05, 3.63) is 83.4 Å². The molecule has 0 aliphatic carbocycles. The Morgan fingerprint density at radius 1 is 0.825 bits per heavy atom. The molecule has 2 saturated heterocycles. The zero-order chi connectivity index (χ0) is 28.4. The number of benzene rings is 2. The van der Waals surface area contributed by atoms with Gasteiger partial charge < -0.3 is 28.4 Å². The lowest BCUT2D eigenvalue weighted by Gasteiger charge is -2.45. The molecule has 3 aliphatic heterocycles. The van der Waals surface area contributed by atoms with Crippen LogP contribution in [0.3, 0.4) is 0 Å². The summed E-state index contributed by atoms with van der Waals surface area (Å²) in [4.78, 5) is 6.41. The molecule has 8 heteroatoms. The molecule has 40 heavy (non-hydrogen) atoms. The van der Waals surface area contributed by atoms with Crippen LogP contribution < -0.4 is 0 Å². The first kappa shape index (κ1) is 28.9. The quantitative estimate of drug-likeness (QED) is 0.387. The summed E-state index contributed by atoms with van der Waals surface area (Å²) in [6.07, 6.45) is 0.434. The second kappa shape index (κ2) is 11.7. The molecule has 3 heterocycles. The number of methoxy groups -OCH3 is 2. The molecule has 214 valence electrons. The van der Waals surface area contributed by atoms with Crippen molar-refractivity contribution in [3.8, 4) is 11.8 Å². The summed E-state index contributed by atoms with van der Waals surface area (Å²) in [5, 5.41) is 1.87. The Labute approximate surface area is 237 Å². The first-order chi connectivity index (χ1) is 19.2. The highest BCUT2D eigenvalue weighted by molar-refractivity contribution is 5.45. The van der Waals surface area contributed by atoms with Gasteiger partial charge in [0, 0.05) is 26.3 Å². The topological polar surface area (TPSA) is 67.9 Å². The summed E-state index contributed by atoms with van der Waals surface area (Å²) < 4.78 is 38.0. The molecule has 0 amide bonds. The lowest BCUT2D eigenvalue weighted by atomic mass is 9.88. The van der Waals surface area contributed by atoms with Gasteiger partial charge in [0.25, 0.3) is 0 Å². The van der Waals surface area contributed by atoms with E-state index in [1.807, 2.05) is 87.4 Å². The van der Waals surface area contributed by atoms with Crippen molar-refractivity contribution in [2.45, 2.75) is 76.0 Å². The van der Waals surface area contributed by atoms with E-state index in [9.17, 15) is 0 Å². The van der Waals surface area contributed by atoms with Crippen molar-refractivity contribution in [1.82, 2.24) is 5.06 Å². The Bertz CT molecular complexity index is 1230.